The average Bonchev–Trinajstić information content (AvgIpc) is 3.33. The first-order valence-corrected chi connectivity index (χ1v) is 15.3. The Morgan fingerprint density at radius 3 is 2.37 bits per heavy atom. The minimum atomic E-state index is -4.45. The first kappa shape index (κ1) is 30.2. The summed E-state index contributed by atoms with van der Waals surface area (Å²) in [5.41, 5.74) is 1.88. The number of carbonyl (C=O) groups is 3. The third-order valence-corrected chi connectivity index (χ3v) is 9.83. The Morgan fingerprint density at radius 2 is 1.80 bits per heavy atom. The smallest absolute Gasteiger partial charge is 0.330 e. The van der Waals surface area contributed by atoms with E-state index in [1.54, 1.807) is 54.7 Å². The molecular weight excluding hydrogens is 564 g/mol. The van der Waals surface area contributed by atoms with Gasteiger partial charge in [-0.1, -0.05) is 29.8 Å². The third kappa shape index (κ3) is 7.13. The van der Waals surface area contributed by atoms with E-state index in [-0.39, 0.29) is 17.2 Å². The van der Waals surface area contributed by atoms with Crippen LogP contribution in [0.4, 0.5) is 5.69 Å². The Balaban J connectivity index is 1.66. The van der Waals surface area contributed by atoms with Crippen LogP contribution in [0, 0.1) is 6.92 Å². The molecule has 0 saturated carbocycles. The second-order valence-corrected chi connectivity index (χ2v) is 13.2. The maximum atomic E-state index is 14.0. The summed E-state index contributed by atoms with van der Waals surface area (Å²) in [5.74, 6) is -1.39. The fourth-order valence-corrected chi connectivity index (χ4v) is 7.22. The van der Waals surface area contributed by atoms with Crippen molar-refractivity contribution in [3.63, 3.8) is 0 Å². The first-order valence-electron chi connectivity index (χ1n) is 12.8. The number of pyridine rings is 1. The predicted molar refractivity (Wildman–Crippen MR) is 157 cm³/mol. The molecule has 3 aromatic rings. The quantitative estimate of drug-likeness (QED) is 0.357. The Kier molecular flexibility index (Phi) is 9.15. The summed E-state index contributed by atoms with van der Waals surface area (Å²) in [7, 11) is -3.30. The molecule has 2 amide bonds. The molecule has 0 bridgehead atoms. The summed E-state index contributed by atoms with van der Waals surface area (Å²) in [6, 6.07) is 14.5. The van der Waals surface area contributed by atoms with E-state index in [4.69, 9.17) is 4.74 Å². The molecule has 0 unspecified atom stereocenters. The summed E-state index contributed by atoms with van der Waals surface area (Å²) >= 11 is 1.28. The van der Waals surface area contributed by atoms with Gasteiger partial charge in [-0.25, -0.2) is 17.5 Å². The molecule has 1 aromatic heterocycles. The zero-order valence-corrected chi connectivity index (χ0v) is 24.8. The number of esters is 1. The number of nitrogens with one attached hydrogen (secondary N) is 2. The van der Waals surface area contributed by atoms with Crippen LogP contribution in [-0.2, 0) is 30.8 Å². The van der Waals surface area contributed by atoms with E-state index >= 15 is 0 Å². The second-order valence-electron chi connectivity index (χ2n) is 10.3. The van der Waals surface area contributed by atoms with E-state index in [1.807, 2.05) is 20.8 Å². The lowest BCUT2D eigenvalue weighted by Gasteiger charge is -2.31. The summed E-state index contributed by atoms with van der Waals surface area (Å²) in [4.78, 5) is 43.3. The Labute approximate surface area is 243 Å². The number of sulfonamides is 1. The molecule has 1 aliphatic rings. The lowest BCUT2D eigenvalue weighted by molar-refractivity contribution is -0.149. The molecule has 1 fully saturated rings. The van der Waals surface area contributed by atoms with Crippen LogP contribution in [0.2, 0.25) is 0 Å². The zero-order valence-electron chi connectivity index (χ0n) is 23.2. The maximum Gasteiger partial charge on any atom is 0.330 e. The van der Waals surface area contributed by atoms with Gasteiger partial charge in [0, 0.05) is 35.8 Å². The highest BCUT2D eigenvalue weighted by Crippen LogP contribution is 2.31. The second kappa shape index (κ2) is 12.4. The number of anilines is 1. The lowest BCUT2D eigenvalue weighted by Crippen LogP contribution is -2.55. The van der Waals surface area contributed by atoms with E-state index < -0.39 is 38.9 Å². The number of benzene rings is 2. The molecule has 2 heterocycles. The van der Waals surface area contributed by atoms with Crippen molar-refractivity contribution in [3.05, 3.63) is 89.7 Å². The number of nitrogens with zero attached hydrogens (tertiary/aromatic N) is 2. The average molecular weight is 597 g/mol. The van der Waals surface area contributed by atoms with Gasteiger partial charge in [0.15, 0.2) is 0 Å². The van der Waals surface area contributed by atoms with Crippen molar-refractivity contribution >= 4 is 45.3 Å². The molecule has 12 heteroatoms. The Hall–Kier alpha value is -3.74. The predicted octanol–water partition coefficient (Wildman–Crippen LogP) is 3.39. The van der Waals surface area contributed by atoms with Crippen LogP contribution in [0.25, 0.3) is 0 Å². The number of aromatic nitrogens is 1. The Morgan fingerprint density at radius 1 is 1.12 bits per heavy atom. The van der Waals surface area contributed by atoms with Crippen molar-refractivity contribution in [1.82, 2.24) is 14.6 Å². The van der Waals surface area contributed by atoms with E-state index in [0.29, 0.717) is 26.9 Å². The summed E-state index contributed by atoms with van der Waals surface area (Å²) in [6.07, 6.45) is 2.88. The molecule has 0 radical (unpaired) electrons. The minimum absolute atomic E-state index is 0.110. The zero-order chi connectivity index (χ0) is 29.8. The van der Waals surface area contributed by atoms with Gasteiger partial charge < -0.3 is 10.1 Å². The van der Waals surface area contributed by atoms with Crippen LogP contribution in [0.3, 0.4) is 0 Å². The highest BCUT2D eigenvalue weighted by atomic mass is 32.2. The number of ether oxygens (including phenoxy) is 1. The van der Waals surface area contributed by atoms with Crippen LogP contribution >= 0.6 is 11.8 Å². The molecule has 41 heavy (non-hydrogen) atoms. The van der Waals surface area contributed by atoms with Gasteiger partial charge in [-0.3, -0.25) is 19.9 Å². The van der Waals surface area contributed by atoms with Crippen LogP contribution in [0.5, 0.6) is 0 Å². The third-order valence-electron chi connectivity index (χ3n) is 6.47. The minimum Gasteiger partial charge on any atom is -0.467 e. The number of amides is 2. The number of thioether (sulfide) groups is 1. The van der Waals surface area contributed by atoms with Crippen molar-refractivity contribution < 1.29 is 27.5 Å². The van der Waals surface area contributed by atoms with Gasteiger partial charge in [0.1, 0.15) is 11.4 Å². The molecule has 2 atom stereocenters. The topological polar surface area (TPSA) is 135 Å². The number of rotatable bonds is 9. The molecule has 216 valence electrons. The van der Waals surface area contributed by atoms with Gasteiger partial charge in [-0.2, -0.15) is 0 Å². The number of methoxy groups -OCH3 is 1. The molecule has 10 nitrogen and oxygen atoms in total. The summed E-state index contributed by atoms with van der Waals surface area (Å²) in [5, 5.41) is 5.06. The molecule has 0 aliphatic carbocycles. The van der Waals surface area contributed by atoms with Crippen LogP contribution in [0.15, 0.2) is 78.0 Å². The number of hydrogen-bond acceptors (Lipinski definition) is 9. The molecule has 2 aromatic carbocycles. The SMILES string of the molecule is COC(=O)[C@H](Cc1ccc(NC(=O)c2cccnc2)cc1)N(C(=O)[C@H]1NC(C)(C)CS1)S(=O)(=O)c1ccc(C)cc1. The van der Waals surface area contributed by atoms with Crippen molar-refractivity contribution in [2.24, 2.45) is 0 Å². The maximum absolute atomic E-state index is 14.0. The van der Waals surface area contributed by atoms with E-state index in [9.17, 15) is 22.8 Å². The van der Waals surface area contributed by atoms with Crippen molar-refractivity contribution in [3.8, 4) is 0 Å². The molecule has 0 spiro atoms. The van der Waals surface area contributed by atoms with Crippen molar-refractivity contribution in [2.75, 3.05) is 18.2 Å². The van der Waals surface area contributed by atoms with Crippen molar-refractivity contribution in [2.45, 2.75) is 49.0 Å². The largest absolute Gasteiger partial charge is 0.467 e. The standard InChI is InChI=1S/C29H32N4O6S2/c1-19-7-13-23(14-8-19)41(37,38)33(27(35)26-32-29(2,3)18-40-26)24(28(36)39-4)16-20-9-11-22(12-10-20)31-25(34)21-6-5-15-30-17-21/h5-15,17,24,26,32H,16,18H2,1-4H3,(H,31,34)/t24-,26-/m0/s1. The number of hydrogen-bond donors (Lipinski definition) is 2. The normalized spacial score (nSPS) is 16.9. The van der Waals surface area contributed by atoms with Crippen molar-refractivity contribution in [1.29, 1.82) is 0 Å². The highest BCUT2D eigenvalue weighted by Gasteiger charge is 2.46. The van der Waals surface area contributed by atoms with E-state index in [0.717, 1.165) is 12.7 Å². The van der Waals surface area contributed by atoms with Gasteiger partial charge in [-0.05, 0) is 62.7 Å². The molecular formula is C29H32N4O6S2. The Bertz CT molecular complexity index is 1510. The van der Waals surface area contributed by atoms with E-state index in [1.165, 1.54) is 30.1 Å². The van der Waals surface area contributed by atoms with Gasteiger partial charge in [0.05, 0.1) is 17.6 Å². The molecule has 4 rings (SSSR count). The van der Waals surface area contributed by atoms with E-state index in [2.05, 4.69) is 15.6 Å². The van der Waals surface area contributed by atoms with Gasteiger partial charge >= 0.3 is 5.97 Å². The highest BCUT2D eigenvalue weighted by molar-refractivity contribution is 8.01. The molecule has 1 aliphatic heterocycles. The van der Waals surface area contributed by atoms with Crippen LogP contribution in [0.1, 0.15) is 35.3 Å². The molecule has 2 N–H and O–H groups in total. The monoisotopic (exact) mass is 596 g/mol. The summed E-state index contributed by atoms with van der Waals surface area (Å²) in [6.45, 7) is 5.65. The number of aryl methyl sites for hydroxylation is 1. The molecule has 1 saturated heterocycles. The van der Waals surface area contributed by atoms with Gasteiger partial charge in [0.2, 0.25) is 0 Å². The van der Waals surface area contributed by atoms with Gasteiger partial charge in [0.25, 0.3) is 21.8 Å². The summed E-state index contributed by atoms with van der Waals surface area (Å²) < 4.78 is 33.6. The first-order chi connectivity index (χ1) is 19.4. The van der Waals surface area contributed by atoms with Crippen LogP contribution < -0.4 is 10.6 Å². The van der Waals surface area contributed by atoms with Gasteiger partial charge in [-0.15, -0.1) is 11.8 Å². The fourth-order valence-electron chi connectivity index (χ4n) is 4.29. The number of carbonyl (C=O) groups excluding carboxylic acids is 3. The fraction of sp³-hybridized carbons (Fsp3) is 0.310. The van der Waals surface area contributed by atoms with Crippen LogP contribution in [-0.4, -0.2) is 65.3 Å². The lowest BCUT2D eigenvalue weighted by atomic mass is 10.0.